The molecule has 666 valence electrons. The Labute approximate surface area is 691 Å². The van der Waals surface area contributed by atoms with Gasteiger partial charge in [-0.05, 0) is 90.0 Å². The summed E-state index contributed by atoms with van der Waals surface area (Å²) in [5.74, 6) is -10.5. The molecule has 4 unspecified atom stereocenters. The van der Waals surface area contributed by atoms with Gasteiger partial charge < -0.3 is 158 Å². The summed E-state index contributed by atoms with van der Waals surface area (Å²) in [5.41, 5.74) is 7.14. The molecule has 4 aromatic carbocycles. The topological polar surface area (TPSA) is 638 Å². The SMILES string of the molecule is CC(=O)NC(Cc1ccc(O)c(O)c1)C(=O)NCCOCCOCC(=O)NC(Cc1ccc(O)c(O)c1)C(=O)NCCOCCOCC(=O)NC(Cc1ccc(O)c(O)c1)C(=O)NCCOCCOCC(=O)NC(Cc1ccc(O)c(O)c1)C(=O)NCCCC[C@@H](NC(=O)COCCOCCNC(=O)COCCOCCNC(=O)CCO)C(N)=O. The van der Waals surface area contributed by atoms with Crippen LogP contribution in [-0.4, -0.2) is 325 Å². The van der Waals surface area contributed by atoms with Crippen molar-refractivity contribution in [3.05, 3.63) is 95.1 Å². The van der Waals surface area contributed by atoms with Crippen LogP contribution < -0.4 is 64.2 Å². The Hall–Kier alpha value is -11.5. The summed E-state index contributed by atoms with van der Waals surface area (Å²) in [6.45, 7) is -0.414. The number of aliphatic hydroxyl groups is 1. The van der Waals surface area contributed by atoms with Crippen LogP contribution in [0.5, 0.6) is 46.0 Å². The zero-order valence-electron chi connectivity index (χ0n) is 66.6. The highest BCUT2D eigenvalue weighted by atomic mass is 16.5. The Morgan fingerprint density at radius 2 is 0.558 bits per heavy atom. The molecular formula is C77H112N12O31. The van der Waals surface area contributed by atoms with E-state index in [1.807, 2.05) is 0 Å². The third kappa shape index (κ3) is 44.9. The highest BCUT2D eigenvalue weighted by Crippen LogP contribution is 2.29. The Morgan fingerprint density at radius 1 is 0.300 bits per heavy atom. The lowest BCUT2D eigenvalue weighted by molar-refractivity contribution is -0.132. The predicted molar refractivity (Wildman–Crippen MR) is 420 cm³/mol. The van der Waals surface area contributed by atoms with Crippen molar-refractivity contribution in [3.8, 4) is 46.0 Å². The van der Waals surface area contributed by atoms with Crippen molar-refractivity contribution in [3.63, 3.8) is 0 Å². The highest BCUT2D eigenvalue weighted by molar-refractivity contribution is 5.91. The number of benzene rings is 4. The number of nitrogens with two attached hydrogens (primary N) is 1. The first-order valence-corrected chi connectivity index (χ1v) is 38.4. The second-order valence-corrected chi connectivity index (χ2v) is 26.4. The molecule has 0 aliphatic heterocycles. The van der Waals surface area contributed by atoms with E-state index >= 15 is 0 Å². The number of unbranched alkanes of at least 4 members (excludes halogenated alkanes) is 1. The molecule has 5 atom stereocenters. The molecule has 120 heavy (non-hydrogen) atoms. The first kappa shape index (κ1) is 101. The Balaban J connectivity index is 1.11. The fraction of sp³-hybridized carbons (Fsp3) is 0.532. The Morgan fingerprint density at radius 3 is 0.842 bits per heavy atom. The third-order valence-electron chi connectivity index (χ3n) is 16.6. The second-order valence-electron chi connectivity index (χ2n) is 26.4. The van der Waals surface area contributed by atoms with Crippen molar-refractivity contribution in [2.45, 2.75) is 88.5 Å². The standard InChI is InChI=1S/C77H112N12O31/c1-49(91)85-55(36-50-5-9-59(92)63(96)40-50)74(107)82-17-23-113-28-33-119-47-71(104)88-57(38-52-7-11-61(94)65(98)42-52)76(109)84-19-25-115-30-35-120-48-72(105)89-58(39-53-8-12-62(95)66(99)43-53)77(110)83-18-24-114-29-34-118-46-70(103)87-56(37-51-6-10-60(93)64(97)41-51)75(108)81-14-3-2-4-54(73(78)106)86-69(102)45-117-32-27-112-22-16-80-68(101)44-116-31-26-111-21-15-79-67(100)13-20-90/h5-12,40-43,54-58,90,92-99H,2-4,13-39,44-48H2,1H3,(H2,78,106)(H,79,100)(H,80,101)(H,81,108)(H,82,107)(H,83,110)(H,84,109)(H,85,91)(H,86,102)(H,87,103)(H,88,104)(H,89,105)/t54-,55?,56?,57?,58?/m1/s1. The number of amides is 12. The van der Waals surface area contributed by atoms with Gasteiger partial charge >= 0.3 is 0 Å². The van der Waals surface area contributed by atoms with Gasteiger partial charge in [-0.3, -0.25) is 57.5 Å². The quantitative estimate of drug-likeness (QED) is 0.0145. The molecule has 0 spiro atoms. The van der Waals surface area contributed by atoms with Crippen LogP contribution in [-0.2, 0) is 131 Å². The van der Waals surface area contributed by atoms with E-state index in [2.05, 4.69) is 58.5 Å². The van der Waals surface area contributed by atoms with Crippen molar-refractivity contribution < 1.29 is 151 Å². The molecule has 0 radical (unpaired) electrons. The lowest BCUT2D eigenvalue weighted by Crippen LogP contribution is -2.49. The van der Waals surface area contributed by atoms with Crippen LogP contribution in [0, 0.1) is 0 Å². The molecule has 0 aromatic heterocycles. The number of nitrogens with one attached hydrogen (secondary N) is 11. The molecule has 0 aliphatic carbocycles. The summed E-state index contributed by atoms with van der Waals surface area (Å²) in [7, 11) is 0. The van der Waals surface area contributed by atoms with Gasteiger partial charge in [0.25, 0.3) is 0 Å². The van der Waals surface area contributed by atoms with Gasteiger partial charge in [-0.2, -0.15) is 0 Å². The summed E-state index contributed by atoms with van der Waals surface area (Å²) in [4.78, 5) is 152. The molecule has 4 rings (SSSR count). The molecule has 0 fully saturated rings. The lowest BCUT2D eigenvalue weighted by atomic mass is 10.0. The Kier molecular flexibility index (Phi) is 49.7. The summed E-state index contributed by atoms with van der Waals surface area (Å²) in [6.07, 6.45) is 0.354. The average molecular weight is 1700 g/mol. The van der Waals surface area contributed by atoms with Crippen LogP contribution in [0.2, 0.25) is 0 Å². The van der Waals surface area contributed by atoms with E-state index < -0.39 is 150 Å². The van der Waals surface area contributed by atoms with Crippen molar-refractivity contribution in [2.24, 2.45) is 5.73 Å². The maximum Gasteiger partial charge on any atom is 0.246 e. The predicted octanol–water partition coefficient (Wildman–Crippen LogP) is -5.05. The number of phenolic OH excluding ortho intramolecular Hbond substituents is 8. The number of aromatic hydroxyl groups is 8. The maximum atomic E-state index is 13.5. The van der Waals surface area contributed by atoms with Crippen molar-refractivity contribution in [1.82, 2.24) is 58.5 Å². The summed E-state index contributed by atoms with van der Waals surface area (Å²) in [6, 6.07) is 9.93. The number of primary amides is 1. The van der Waals surface area contributed by atoms with E-state index in [1.54, 1.807) is 0 Å². The first-order valence-electron chi connectivity index (χ1n) is 38.4. The number of aliphatic hydroxyl groups excluding tert-OH is 1. The van der Waals surface area contributed by atoms with Gasteiger partial charge in [0.2, 0.25) is 70.9 Å². The molecule has 0 aliphatic rings. The van der Waals surface area contributed by atoms with Gasteiger partial charge in [0.1, 0.15) is 63.2 Å². The highest BCUT2D eigenvalue weighted by Gasteiger charge is 2.27. The van der Waals surface area contributed by atoms with Gasteiger partial charge in [0, 0.05) is 78.3 Å². The van der Waals surface area contributed by atoms with Gasteiger partial charge in [0.05, 0.1) is 106 Å². The van der Waals surface area contributed by atoms with Crippen LogP contribution in [0.3, 0.4) is 0 Å². The molecule has 0 saturated heterocycles. The van der Waals surface area contributed by atoms with E-state index in [4.69, 9.17) is 58.2 Å². The van der Waals surface area contributed by atoms with Gasteiger partial charge in [-0.1, -0.05) is 24.3 Å². The van der Waals surface area contributed by atoms with E-state index in [1.165, 1.54) is 79.7 Å². The fourth-order valence-electron chi connectivity index (χ4n) is 10.6. The molecule has 12 amide bonds. The van der Waals surface area contributed by atoms with Crippen LogP contribution in [0.25, 0.3) is 0 Å². The van der Waals surface area contributed by atoms with Crippen molar-refractivity contribution in [2.75, 3.05) is 178 Å². The monoisotopic (exact) mass is 1700 g/mol. The summed E-state index contributed by atoms with van der Waals surface area (Å²) < 4.78 is 54.2. The number of rotatable bonds is 65. The van der Waals surface area contributed by atoms with Gasteiger partial charge in [0.15, 0.2) is 46.0 Å². The number of carbonyl (C=O) groups is 12. The zero-order valence-corrected chi connectivity index (χ0v) is 66.6. The van der Waals surface area contributed by atoms with Crippen LogP contribution in [0.1, 0.15) is 54.9 Å². The minimum absolute atomic E-state index is 0.00313. The van der Waals surface area contributed by atoms with Gasteiger partial charge in [-0.25, -0.2) is 0 Å². The Bertz CT molecular complexity index is 3860. The van der Waals surface area contributed by atoms with Crippen molar-refractivity contribution in [1.29, 1.82) is 0 Å². The van der Waals surface area contributed by atoms with Crippen LogP contribution >= 0.6 is 0 Å². The largest absolute Gasteiger partial charge is 0.504 e. The molecular weight excluding hydrogens is 1590 g/mol. The smallest absolute Gasteiger partial charge is 0.246 e. The summed E-state index contributed by atoms with van der Waals surface area (Å²) >= 11 is 0. The first-order chi connectivity index (χ1) is 57.6. The normalized spacial score (nSPS) is 12.3. The van der Waals surface area contributed by atoms with E-state index in [0.29, 0.717) is 35.1 Å². The van der Waals surface area contributed by atoms with E-state index in [-0.39, 0.29) is 213 Å². The minimum Gasteiger partial charge on any atom is -0.504 e. The molecule has 43 heteroatoms. The molecule has 0 saturated carbocycles. The number of carbonyl (C=O) groups excluding carboxylic acids is 12. The van der Waals surface area contributed by atoms with Crippen LogP contribution in [0.15, 0.2) is 72.8 Å². The molecule has 0 heterocycles. The number of phenols is 8. The van der Waals surface area contributed by atoms with Gasteiger partial charge in [-0.15, -0.1) is 0 Å². The maximum absolute atomic E-state index is 13.5. The summed E-state index contributed by atoms with van der Waals surface area (Å²) in [5, 5.41) is 117. The van der Waals surface area contributed by atoms with E-state index in [0.717, 1.165) is 0 Å². The average Bonchev–Trinajstić information content (AvgIpc) is 0.881. The second kappa shape index (κ2) is 59.2. The van der Waals surface area contributed by atoms with E-state index in [9.17, 15) is 98.4 Å². The number of ether oxygens (including phenoxy) is 10. The fourth-order valence-corrected chi connectivity index (χ4v) is 10.6. The minimum atomic E-state index is -1.23. The third-order valence-corrected chi connectivity index (χ3v) is 16.6. The molecule has 43 nitrogen and oxygen atoms in total. The molecule has 0 bridgehead atoms. The number of hydrogen-bond donors (Lipinski definition) is 21. The van der Waals surface area contributed by atoms with Crippen LogP contribution in [0.4, 0.5) is 0 Å². The van der Waals surface area contributed by atoms with Crippen molar-refractivity contribution >= 4 is 70.9 Å². The molecule has 4 aromatic rings. The zero-order chi connectivity index (χ0) is 87.8. The lowest BCUT2D eigenvalue weighted by Gasteiger charge is -2.20. The molecule has 22 N–H and O–H groups in total. The number of hydrogen-bond acceptors (Lipinski definition) is 31.